The number of esters is 1. The van der Waals surface area contributed by atoms with Crippen LogP contribution in [0.2, 0.25) is 0 Å². The number of allylic oxidation sites excluding steroid dienone is 1. The zero-order valence-corrected chi connectivity index (χ0v) is 18.6. The van der Waals surface area contributed by atoms with Crippen LogP contribution in [-0.4, -0.2) is 40.0 Å². The maximum absolute atomic E-state index is 17.2. The van der Waals surface area contributed by atoms with Crippen molar-refractivity contribution in [1.29, 1.82) is 0 Å². The second kappa shape index (κ2) is 6.47. The van der Waals surface area contributed by atoms with Gasteiger partial charge >= 0.3 is 5.97 Å². The highest BCUT2D eigenvalue weighted by atomic mass is 19.1. The van der Waals surface area contributed by atoms with Gasteiger partial charge in [-0.15, -0.1) is 0 Å². The number of aliphatic hydroxyl groups is 1. The molecule has 4 rings (SSSR count). The van der Waals surface area contributed by atoms with E-state index in [9.17, 15) is 19.5 Å². The third-order valence-corrected chi connectivity index (χ3v) is 9.36. The summed E-state index contributed by atoms with van der Waals surface area (Å²) in [4.78, 5) is 37.0. The molecule has 8 atom stereocenters. The Morgan fingerprint density at radius 3 is 2.43 bits per heavy atom. The van der Waals surface area contributed by atoms with Gasteiger partial charge in [-0.2, -0.15) is 0 Å². The molecule has 5 nitrogen and oxygen atoms in total. The molecule has 0 aromatic heterocycles. The summed E-state index contributed by atoms with van der Waals surface area (Å²) in [5.74, 6) is -1.65. The Bertz CT molecular complexity index is 851. The summed E-state index contributed by atoms with van der Waals surface area (Å²) in [6.45, 7) is 8.29. The molecule has 6 heteroatoms. The van der Waals surface area contributed by atoms with E-state index in [2.05, 4.69) is 0 Å². The van der Waals surface area contributed by atoms with E-state index >= 15 is 4.39 Å². The lowest BCUT2D eigenvalue weighted by molar-refractivity contribution is -0.232. The molecule has 0 bridgehead atoms. The molecule has 4 aliphatic rings. The van der Waals surface area contributed by atoms with Gasteiger partial charge in [0.15, 0.2) is 17.2 Å². The summed E-state index contributed by atoms with van der Waals surface area (Å²) in [5, 5.41) is 11.3. The van der Waals surface area contributed by atoms with Crippen LogP contribution < -0.4 is 0 Å². The molecule has 4 aliphatic carbocycles. The molecule has 0 aromatic carbocycles. The fourth-order valence-corrected chi connectivity index (χ4v) is 7.94. The minimum absolute atomic E-state index is 0.0333. The van der Waals surface area contributed by atoms with Crippen molar-refractivity contribution < 1.29 is 28.6 Å². The molecule has 1 N–H and O–H groups in total. The largest absolute Gasteiger partial charge is 0.451 e. The average molecular weight is 421 g/mol. The van der Waals surface area contributed by atoms with Gasteiger partial charge in [0.1, 0.15) is 5.67 Å². The van der Waals surface area contributed by atoms with Crippen LogP contribution in [0.1, 0.15) is 73.1 Å². The molecular formula is C24H33FO5. The van der Waals surface area contributed by atoms with Crippen LogP contribution in [0.15, 0.2) is 11.6 Å². The van der Waals surface area contributed by atoms with Crippen molar-refractivity contribution in [1.82, 2.24) is 0 Å². The normalized spacial score (nSPS) is 50.1. The van der Waals surface area contributed by atoms with E-state index in [0.29, 0.717) is 32.1 Å². The predicted molar refractivity (Wildman–Crippen MR) is 108 cm³/mol. The first-order valence-corrected chi connectivity index (χ1v) is 11.2. The highest BCUT2D eigenvalue weighted by Crippen LogP contribution is 2.71. The molecule has 0 spiro atoms. The second-order valence-corrected chi connectivity index (χ2v) is 10.7. The predicted octanol–water partition coefficient (Wildman–Crippen LogP) is 3.72. The van der Waals surface area contributed by atoms with Gasteiger partial charge < -0.3 is 9.84 Å². The quantitative estimate of drug-likeness (QED) is 0.689. The summed E-state index contributed by atoms with van der Waals surface area (Å²) in [6.07, 6.45) is 2.82. The number of Topliss-reactive ketones (excluding diaryl/α,β-unsaturated/α-hetero) is 1. The number of ketones is 2. The van der Waals surface area contributed by atoms with Gasteiger partial charge in [0, 0.05) is 29.6 Å². The maximum Gasteiger partial charge on any atom is 0.303 e. The second-order valence-electron chi connectivity index (χ2n) is 10.7. The standard InChI is InChI=1S/C24H33FO5/c1-13-11-21(4)16(10-19(13)28)6-7-18-17-8-9-23(14(2)26,30-15(3)27)22(17,5)12-20(29)24(18,21)25/h10,13,17-18,20,29H,6-9,11-12H2,1-5H3/t13-,17-,18-,20-,21-,22-,23-,24-/m0/s1. The monoisotopic (exact) mass is 420 g/mol. The SMILES string of the molecule is CC(=O)O[C@]1(C(C)=O)CC[C@H]2[C@@H]3CCC4=CC(=O)[C@@H](C)C[C@]4(C)[C@@]3(F)[C@@H](O)C[C@@]21C. The number of alkyl halides is 1. The number of hydrogen-bond donors (Lipinski definition) is 1. The highest BCUT2D eigenvalue weighted by molar-refractivity contribution is 5.93. The number of aliphatic hydroxyl groups excluding tert-OH is 1. The van der Waals surface area contributed by atoms with Crippen molar-refractivity contribution in [3.05, 3.63) is 11.6 Å². The molecule has 0 saturated heterocycles. The van der Waals surface area contributed by atoms with Crippen molar-refractivity contribution >= 4 is 17.5 Å². The van der Waals surface area contributed by atoms with Crippen LogP contribution in [0.25, 0.3) is 0 Å². The Kier molecular flexibility index (Phi) is 4.67. The van der Waals surface area contributed by atoms with Crippen LogP contribution >= 0.6 is 0 Å². The van der Waals surface area contributed by atoms with Crippen molar-refractivity contribution in [2.24, 2.45) is 28.6 Å². The van der Waals surface area contributed by atoms with E-state index in [0.717, 1.165) is 5.57 Å². The summed E-state index contributed by atoms with van der Waals surface area (Å²) >= 11 is 0. The minimum Gasteiger partial charge on any atom is -0.451 e. The summed E-state index contributed by atoms with van der Waals surface area (Å²) in [5.41, 5.74) is -4.12. The van der Waals surface area contributed by atoms with Gasteiger partial charge in [-0.25, -0.2) is 4.39 Å². The molecule has 0 unspecified atom stereocenters. The molecule has 30 heavy (non-hydrogen) atoms. The van der Waals surface area contributed by atoms with Gasteiger partial charge in [0.05, 0.1) is 6.10 Å². The summed E-state index contributed by atoms with van der Waals surface area (Å²) in [7, 11) is 0. The number of ether oxygens (including phenoxy) is 1. The third kappa shape index (κ3) is 2.40. The molecule has 0 heterocycles. The Hall–Kier alpha value is -1.56. The molecule has 0 aliphatic heterocycles. The fourth-order valence-electron chi connectivity index (χ4n) is 7.94. The van der Waals surface area contributed by atoms with Crippen LogP contribution in [-0.2, 0) is 19.1 Å². The van der Waals surface area contributed by atoms with Crippen molar-refractivity contribution in [3.8, 4) is 0 Å². The zero-order chi connectivity index (χ0) is 22.3. The average Bonchev–Trinajstić information content (AvgIpc) is 2.91. The Balaban J connectivity index is 1.82. The van der Waals surface area contributed by atoms with Crippen LogP contribution in [0, 0.1) is 28.6 Å². The molecule has 3 fully saturated rings. The summed E-state index contributed by atoms with van der Waals surface area (Å²) < 4.78 is 22.8. The van der Waals surface area contributed by atoms with Gasteiger partial charge in [-0.1, -0.05) is 26.3 Å². The van der Waals surface area contributed by atoms with E-state index in [1.54, 1.807) is 6.08 Å². The smallest absolute Gasteiger partial charge is 0.303 e. The lowest BCUT2D eigenvalue weighted by Gasteiger charge is -2.64. The minimum atomic E-state index is -1.88. The van der Waals surface area contributed by atoms with Gasteiger partial charge in [-0.05, 0) is 57.4 Å². The Labute approximate surface area is 177 Å². The number of fused-ring (bicyclic) bond motifs is 5. The molecule has 0 amide bonds. The first kappa shape index (κ1) is 21.7. The van der Waals surface area contributed by atoms with Crippen molar-refractivity contribution in [3.63, 3.8) is 0 Å². The molecule has 166 valence electrons. The fraction of sp³-hybridized carbons (Fsp3) is 0.792. The topological polar surface area (TPSA) is 80.7 Å². The number of halogens is 1. The molecule has 0 aromatic rings. The molecular weight excluding hydrogens is 387 g/mol. The van der Waals surface area contributed by atoms with E-state index in [1.807, 2.05) is 20.8 Å². The maximum atomic E-state index is 17.2. The highest BCUT2D eigenvalue weighted by Gasteiger charge is 2.75. The molecule has 0 radical (unpaired) electrons. The third-order valence-electron chi connectivity index (χ3n) is 9.36. The number of carbonyl (C=O) groups excluding carboxylic acids is 3. The van der Waals surface area contributed by atoms with Gasteiger partial charge in [-0.3, -0.25) is 14.4 Å². The van der Waals surface area contributed by atoms with Crippen LogP contribution in [0.4, 0.5) is 4.39 Å². The number of rotatable bonds is 2. The Morgan fingerprint density at radius 2 is 1.83 bits per heavy atom. The van der Waals surface area contributed by atoms with Gasteiger partial charge in [0.2, 0.25) is 0 Å². The van der Waals surface area contributed by atoms with E-state index < -0.39 is 40.1 Å². The first-order valence-electron chi connectivity index (χ1n) is 11.2. The number of carbonyl (C=O) groups is 3. The van der Waals surface area contributed by atoms with E-state index in [-0.39, 0.29) is 29.8 Å². The summed E-state index contributed by atoms with van der Waals surface area (Å²) in [6, 6.07) is 0. The lowest BCUT2D eigenvalue weighted by atomic mass is 9.43. The Morgan fingerprint density at radius 1 is 1.17 bits per heavy atom. The van der Waals surface area contributed by atoms with E-state index in [4.69, 9.17) is 4.74 Å². The molecule has 3 saturated carbocycles. The van der Waals surface area contributed by atoms with Gasteiger partial charge in [0.25, 0.3) is 0 Å². The van der Waals surface area contributed by atoms with Crippen LogP contribution in [0.5, 0.6) is 0 Å². The van der Waals surface area contributed by atoms with Crippen molar-refractivity contribution in [2.75, 3.05) is 0 Å². The number of hydrogen-bond acceptors (Lipinski definition) is 5. The van der Waals surface area contributed by atoms with E-state index in [1.165, 1.54) is 13.8 Å². The first-order chi connectivity index (χ1) is 13.8. The zero-order valence-electron chi connectivity index (χ0n) is 18.6. The van der Waals surface area contributed by atoms with Crippen LogP contribution in [0.3, 0.4) is 0 Å². The lowest BCUT2D eigenvalue weighted by Crippen LogP contribution is -2.70. The van der Waals surface area contributed by atoms with Crippen molar-refractivity contribution in [2.45, 2.75) is 90.5 Å².